The maximum atomic E-state index is 10.8. The van der Waals surface area contributed by atoms with Crippen LogP contribution in [0.2, 0.25) is 0 Å². The van der Waals surface area contributed by atoms with E-state index in [0.29, 0.717) is 18.6 Å². The number of hydrogen-bond donors (Lipinski definition) is 2. The molecule has 1 saturated heterocycles. The summed E-state index contributed by atoms with van der Waals surface area (Å²) in [5.74, 6) is -0.215. The lowest BCUT2D eigenvalue weighted by molar-refractivity contribution is -0.119. The molecule has 1 heterocycles. The summed E-state index contributed by atoms with van der Waals surface area (Å²) < 4.78 is 0. The number of hydrogen-bond acceptors (Lipinski definition) is 3. The lowest BCUT2D eigenvalue weighted by Crippen LogP contribution is -2.47. The van der Waals surface area contributed by atoms with Crippen LogP contribution in [-0.2, 0) is 4.79 Å². The molecule has 1 unspecified atom stereocenters. The molecule has 17 heavy (non-hydrogen) atoms. The summed E-state index contributed by atoms with van der Waals surface area (Å²) in [6, 6.07) is 1.23. The summed E-state index contributed by atoms with van der Waals surface area (Å²) in [5.41, 5.74) is 5.20. The van der Waals surface area contributed by atoms with Gasteiger partial charge in [0.25, 0.3) is 0 Å². The van der Waals surface area contributed by atoms with E-state index in [1.54, 1.807) is 0 Å². The third-order valence-electron chi connectivity index (χ3n) is 3.48. The molecule has 100 valence electrons. The van der Waals surface area contributed by atoms with Crippen molar-refractivity contribution < 1.29 is 4.79 Å². The Kier molecular flexibility index (Phi) is 6.52. The van der Waals surface area contributed by atoms with Gasteiger partial charge in [0, 0.05) is 25.2 Å². The Morgan fingerprint density at radius 1 is 1.47 bits per heavy atom. The fraction of sp³-hybridized carbons (Fsp3) is 0.923. The van der Waals surface area contributed by atoms with Gasteiger partial charge in [-0.2, -0.15) is 0 Å². The van der Waals surface area contributed by atoms with Gasteiger partial charge in [-0.3, -0.25) is 9.69 Å². The van der Waals surface area contributed by atoms with E-state index in [4.69, 9.17) is 5.73 Å². The fourth-order valence-electron chi connectivity index (χ4n) is 2.47. The van der Waals surface area contributed by atoms with E-state index in [1.807, 2.05) is 0 Å². The number of amides is 1. The number of rotatable bonds is 7. The Bertz CT molecular complexity index is 225. The van der Waals surface area contributed by atoms with Crippen molar-refractivity contribution >= 4 is 5.91 Å². The quantitative estimate of drug-likeness (QED) is 0.702. The summed E-state index contributed by atoms with van der Waals surface area (Å²) in [4.78, 5) is 13.0. The number of nitrogens with zero attached hydrogens (tertiary/aromatic N) is 1. The second-order valence-electron chi connectivity index (χ2n) is 5.23. The van der Waals surface area contributed by atoms with Gasteiger partial charge in [-0.05, 0) is 26.2 Å². The minimum atomic E-state index is -0.215. The van der Waals surface area contributed by atoms with Crippen molar-refractivity contribution in [2.24, 2.45) is 5.73 Å². The van der Waals surface area contributed by atoms with Crippen molar-refractivity contribution in [3.63, 3.8) is 0 Å². The molecule has 4 nitrogen and oxygen atoms in total. The van der Waals surface area contributed by atoms with Crippen LogP contribution in [0.5, 0.6) is 0 Å². The summed E-state index contributed by atoms with van der Waals surface area (Å²) in [6.45, 7) is 6.89. The molecule has 1 atom stereocenters. The van der Waals surface area contributed by atoms with Gasteiger partial charge < -0.3 is 11.1 Å². The molecule has 4 heteroatoms. The van der Waals surface area contributed by atoms with Gasteiger partial charge in [0.05, 0.1) is 6.54 Å². The first kappa shape index (κ1) is 14.5. The highest BCUT2D eigenvalue weighted by atomic mass is 16.1. The summed E-state index contributed by atoms with van der Waals surface area (Å²) >= 11 is 0. The number of carbonyl (C=O) groups is 1. The van der Waals surface area contributed by atoms with Gasteiger partial charge in [0.2, 0.25) is 5.91 Å². The maximum Gasteiger partial charge on any atom is 0.231 e. The third-order valence-corrected chi connectivity index (χ3v) is 3.48. The Morgan fingerprint density at radius 2 is 2.12 bits per heavy atom. The van der Waals surface area contributed by atoms with Gasteiger partial charge in [0.15, 0.2) is 0 Å². The molecule has 0 spiro atoms. The third kappa shape index (κ3) is 6.03. The molecule has 0 aliphatic carbocycles. The first-order valence-electron chi connectivity index (χ1n) is 6.88. The van der Waals surface area contributed by atoms with Crippen molar-refractivity contribution in [1.29, 1.82) is 0 Å². The summed E-state index contributed by atoms with van der Waals surface area (Å²) in [7, 11) is 0. The molecule has 0 aromatic carbocycles. The van der Waals surface area contributed by atoms with Crippen LogP contribution in [0.15, 0.2) is 0 Å². The Labute approximate surface area is 105 Å². The van der Waals surface area contributed by atoms with Crippen LogP contribution in [0, 0.1) is 0 Å². The van der Waals surface area contributed by atoms with Crippen molar-refractivity contribution in [3.8, 4) is 0 Å². The van der Waals surface area contributed by atoms with E-state index < -0.39 is 0 Å². The zero-order chi connectivity index (χ0) is 12.7. The zero-order valence-electron chi connectivity index (χ0n) is 11.2. The first-order valence-corrected chi connectivity index (χ1v) is 6.88. The monoisotopic (exact) mass is 241 g/mol. The predicted octanol–water partition coefficient (Wildman–Crippen LogP) is 1.10. The van der Waals surface area contributed by atoms with Gasteiger partial charge in [0.1, 0.15) is 0 Å². The number of likely N-dealkylation sites (tertiary alicyclic amines) is 1. The minimum Gasteiger partial charge on any atom is -0.369 e. The molecule has 1 aliphatic heterocycles. The molecule has 0 radical (unpaired) electrons. The highest BCUT2D eigenvalue weighted by molar-refractivity contribution is 5.75. The molecule has 1 aliphatic rings. The molecule has 1 amide bonds. The second-order valence-corrected chi connectivity index (χ2v) is 5.23. The summed E-state index contributed by atoms with van der Waals surface area (Å²) in [6.07, 6.45) is 6.09. The zero-order valence-corrected chi connectivity index (χ0v) is 11.2. The Morgan fingerprint density at radius 3 is 2.65 bits per heavy atom. The predicted molar refractivity (Wildman–Crippen MR) is 70.8 cm³/mol. The summed E-state index contributed by atoms with van der Waals surface area (Å²) in [5, 5.41) is 3.68. The smallest absolute Gasteiger partial charge is 0.231 e. The molecule has 3 N–H and O–H groups in total. The number of piperidine rings is 1. The highest BCUT2D eigenvalue weighted by Gasteiger charge is 2.20. The topological polar surface area (TPSA) is 58.4 Å². The number of nitrogens with two attached hydrogens (primary N) is 1. The van der Waals surface area contributed by atoms with Crippen LogP contribution < -0.4 is 11.1 Å². The highest BCUT2D eigenvalue weighted by Crippen LogP contribution is 2.11. The molecule has 0 bridgehead atoms. The van der Waals surface area contributed by atoms with E-state index in [0.717, 1.165) is 25.9 Å². The van der Waals surface area contributed by atoms with E-state index in [2.05, 4.69) is 24.1 Å². The van der Waals surface area contributed by atoms with Gasteiger partial charge in [-0.15, -0.1) is 0 Å². The van der Waals surface area contributed by atoms with Crippen LogP contribution in [0.4, 0.5) is 0 Å². The van der Waals surface area contributed by atoms with Crippen molar-refractivity contribution in [2.45, 2.75) is 58.0 Å². The molecule has 0 aromatic rings. The SMILES string of the molecule is CCCCC(C)NC1CCN(CC(N)=O)CC1. The van der Waals surface area contributed by atoms with E-state index in [-0.39, 0.29) is 5.91 Å². The minimum absolute atomic E-state index is 0.215. The van der Waals surface area contributed by atoms with Crippen molar-refractivity contribution in [2.75, 3.05) is 19.6 Å². The lowest BCUT2D eigenvalue weighted by atomic mass is 10.0. The van der Waals surface area contributed by atoms with Crippen LogP contribution in [0.25, 0.3) is 0 Å². The average Bonchev–Trinajstić information content (AvgIpc) is 2.28. The normalized spacial score (nSPS) is 20.4. The number of carbonyl (C=O) groups excluding carboxylic acids is 1. The average molecular weight is 241 g/mol. The van der Waals surface area contributed by atoms with Crippen LogP contribution in [0.3, 0.4) is 0 Å². The lowest BCUT2D eigenvalue weighted by Gasteiger charge is -2.33. The van der Waals surface area contributed by atoms with Crippen LogP contribution in [-0.4, -0.2) is 42.5 Å². The van der Waals surface area contributed by atoms with E-state index in [1.165, 1.54) is 19.3 Å². The molecular weight excluding hydrogens is 214 g/mol. The van der Waals surface area contributed by atoms with Crippen LogP contribution >= 0.6 is 0 Å². The first-order chi connectivity index (χ1) is 8.11. The molecular formula is C13H27N3O. The van der Waals surface area contributed by atoms with Gasteiger partial charge >= 0.3 is 0 Å². The standard InChI is InChI=1S/C13H27N3O/c1-3-4-5-11(2)15-12-6-8-16(9-7-12)10-13(14)17/h11-12,15H,3-10H2,1-2H3,(H2,14,17). The number of nitrogens with one attached hydrogen (secondary N) is 1. The molecule has 0 saturated carbocycles. The second kappa shape index (κ2) is 7.67. The van der Waals surface area contributed by atoms with Crippen molar-refractivity contribution in [1.82, 2.24) is 10.2 Å². The molecule has 1 fully saturated rings. The maximum absolute atomic E-state index is 10.8. The Balaban J connectivity index is 2.16. The molecule has 1 rings (SSSR count). The van der Waals surface area contributed by atoms with E-state index in [9.17, 15) is 4.79 Å². The van der Waals surface area contributed by atoms with Crippen molar-refractivity contribution in [3.05, 3.63) is 0 Å². The number of primary amides is 1. The molecule has 0 aromatic heterocycles. The van der Waals surface area contributed by atoms with Gasteiger partial charge in [-0.25, -0.2) is 0 Å². The van der Waals surface area contributed by atoms with Crippen LogP contribution in [0.1, 0.15) is 46.0 Å². The van der Waals surface area contributed by atoms with Gasteiger partial charge in [-0.1, -0.05) is 19.8 Å². The fourth-order valence-corrected chi connectivity index (χ4v) is 2.47. The number of unbranched alkanes of at least 4 members (excludes halogenated alkanes) is 1. The van der Waals surface area contributed by atoms with E-state index >= 15 is 0 Å². The largest absolute Gasteiger partial charge is 0.369 e. The Hall–Kier alpha value is -0.610.